The first-order valence-electron chi connectivity index (χ1n) is 7.04. The van der Waals surface area contributed by atoms with Crippen LogP contribution in [0.3, 0.4) is 0 Å². The van der Waals surface area contributed by atoms with Gasteiger partial charge in [-0.05, 0) is 31.9 Å². The van der Waals surface area contributed by atoms with E-state index in [0.717, 1.165) is 31.6 Å². The van der Waals surface area contributed by atoms with Crippen molar-refractivity contribution in [2.45, 2.75) is 39.3 Å². The molecule has 0 spiro atoms. The summed E-state index contributed by atoms with van der Waals surface area (Å²) in [5.41, 5.74) is 1.47. The van der Waals surface area contributed by atoms with E-state index >= 15 is 0 Å². The van der Waals surface area contributed by atoms with Gasteiger partial charge in [-0.3, -0.25) is 4.79 Å². The van der Waals surface area contributed by atoms with Crippen LogP contribution in [0.4, 0.5) is 14.5 Å². The molecule has 0 aromatic heterocycles. The molecule has 6 heteroatoms. The van der Waals surface area contributed by atoms with Gasteiger partial charge in [0.1, 0.15) is 5.75 Å². The molecule has 0 saturated carbocycles. The molecule has 0 aliphatic carbocycles. The van der Waals surface area contributed by atoms with E-state index < -0.39 is 6.61 Å². The molecule has 1 aliphatic heterocycles. The summed E-state index contributed by atoms with van der Waals surface area (Å²) in [6.07, 6.45) is 1.69. The summed E-state index contributed by atoms with van der Waals surface area (Å²) >= 11 is 0. The summed E-state index contributed by atoms with van der Waals surface area (Å²) in [6, 6.07) is 5.31. The number of hydrogen-bond donors (Lipinski definition) is 1. The molecule has 116 valence electrons. The highest BCUT2D eigenvalue weighted by molar-refractivity contribution is 5.73. The van der Waals surface area contributed by atoms with Crippen molar-refractivity contribution in [1.82, 2.24) is 4.90 Å². The van der Waals surface area contributed by atoms with Crippen molar-refractivity contribution in [1.29, 1.82) is 0 Å². The number of likely N-dealkylation sites (tertiary alicyclic amines) is 1. The lowest BCUT2D eigenvalue weighted by Gasteiger charge is -2.32. The average molecular weight is 298 g/mol. The first kappa shape index (κ1) is 15.5. The van der Waals surface area contributed by atoms with Gasteiger partial charge in [0, 0.05) is 37.3 Å². The lowest BCUT2D eigenvalue weighted by molar-refractivity contribution is -0.129. The number of benzene rings is 1. The van der Waals surface area contributed by atoms with E-state index in [1.165, 1.54) is 6.07 Å². The number of alkyl halides is 2. The van der Waals surface area contributed by atoms with Crippen molar-refractivity contribution in [2.24, 2.45) is 0 Å². The largest absolute Gasteiger partial charge is 0.434 e. The first-order valence-corrected chi connectivity index (χ1v) is 7.04. The topological polar surface area (TPSA) is 41.6 Å². The van der Waals surface area contributed by atoms with Crippen molar-refractivity contribution in [2.75, 3.05) is 18.4 Å². The van der Waals surface area contributed by atoms with Crippen molar-refractivity contribution in [3.8, 4) is 5.75 Å². The SMILES string of the molecule is CC(=O)N1CCC(Nc2cccc(OC(F)F)c2C)CC1. The fourth-order valence-electron chi connectivity index (χ4n) is 2.55. The lowest BCUT2D eigenvalue weighted by Crippen LogP contribution is -2.41. The molecule has 0 bridgehead atoms. The molecular weight excluding hydrogens is 278 g/mol. The molecule has 1 N–H and O–H groups in total. The van der Waals surface area contributed by atoms with E-state index in [4.69, 9.17) is 0 Å². The van der Waals surface area contributed by atoms with Gasteiger partial charge in [-0.25, -0.2) is 0 Å². The maximum absolute atomic E-state index is 12.3. The summed E-state index contributed by atoms with van der Waals surface area (Å²) < 4.78 is 29.2. The van der Waals surface area contributed by atoms with Gasteiger partial charge >= 0.3 is 6.61 Å². The Hall–Kier alpha value is -1.85. The van der Waals surface area contributed by atoms with Crippen molar-refractivity contribution < 1.29 is 18.3 Å². The molecule has 1 amide bonds. The Morgan fingerprint density at radius 1 is 1.38 bits per heavy atom. The fraction of sp³-hybridized carbons (Fsp3) is 0.533. The quantitative estimate of drug-likeness (QED) is 0.929. The molecular formula is C15H20F2N2O2. The molecule has 1 aliphatic rings. The highest BCUT2D eigenvalue weighted by Gasteiger charge is 2.21. The summed E-state index contributed by atoms with van der Waals surface area (Å²) in [5.74, 6) is 0.285. The van der Waals surface area contributed by atoms with E-state index in [0.29, 0.717) is 5.56 Å². The van der Waals surface area contributed by atoms with Crippen molar-refractivity contribution in [3.63, 3.8) is 0 Å². The van der Waals surface area contributed by atoms with Crippen LogP contribution in [0, 0.1) is 6.92 Å². The highest BCUT2D eigenvalue weighted by Crippen LogP contribution is 2.28. The number of nitrogens with zero attached hydrogens (tertiary/aromatic N) is 1. The number of hydrogen-bond acceptors (Lipinski definition) is 3. The fourth-order valence-corrected chi connectivity index (χ4v) is 2.55. The molecule has 0 unspecified atom stereocenters. The molecule has 2 rings (SSSR count). The molecule has 1 heterocycles. The van der Waals surface area contributed by atoms with Crippen LogP contribution in [0.15, 0.2) is 18.2 Å². The summed E-state index contributed by atoms with van der Waals surface area (Å²) in [4.78, 5) is 13.1. The van der Waals surface area contributed by atoms with Crippen LogP contribution in [0.2, 0.25) is 0 Å². The number of rotatable bonds is 4. The van der Waals surface area contributed by atoms with Crippen LogP contribution in [-0.2, 0) is 4.79 Å². The predicted molar refractivity (Wildman–Crippen MR) is 76.7 cm³/mol. The number of nitrogens with one attached hydrogen (secondary N) is 1. The van der Waals surface area contributed by atoms with Crippen LogP contribution in [-0.4, -0.2) is 36.5 Å². The Bertz CT molecular complexity index is 500. The number of ether oxygens (including phenoxy) is 1. The second-order valence-electron chi connectivity index (χ2n) is 5.23. The molecule has 1 aromatic carbocycles. The third-order valence-electron chi connectivity index (χ3n) is 3.80. The summed E-state index contributed by atoms with van der Waals surface area (Å²) in [7, 11) is 0. The van der Waals surface area contributed by atoms with Crippen LogP contribution >= 0.6 is 0 Å². The van der Waals surface area contributed by atoms with E-state index in [9.17, 15) is 13.6 Å². The van der Waals surface area contributed by atoms with Crippen LogP contribution in [0.5, 0.6) is 5.75 Å². The van der Waals surface area contributed by atoms with Crippen LogP contribution in [0.25, 0.3) is 0 Å². The van der Waals surface area contributed by atoms with Crippen molar-refractivity contribution in [3.05, 3.63) is 23.8 Å². The van der Waals surface area contributed by atoms with Crippen LogP contribution < -0.4 is 10.1 Å². The Morgan fingerprint density at radius 2 is 2.05 bits per heavy atom. The zero-order valence-corrected chi connectivity index (χ0v) is 12.2. The van der Waals surface area contributed by atoms with Gasteiger partial charge in [0.15, 0.2) is 0 Å². The Balaban J connectivity index is 1.99. The molecule has 1 aromatic rings. The number of halogens is 2. The lowest BCUT2D eigenvalue weighted by atomic mass is 10.0. The van der Waals surface area contributed by atoms with E-state index in [2.05, 4.69) is 10.1 Å². The molecule has 4 nitrogen and oxygen atoms in total. The average Bonchev–Trinajstić information content (AvgIpc) is 2.43. The predicted octanol–water partition coefficient (Wildman–Crippen LogP) is 3.02. The second-order valence-corrected chi connectivity index (χ2v) is 5.23. The third kappa shape index (κ3) is 4.06. The van der Waals surface area contributed by atoms with Crippen LogP contribution in [0.1, 0.15) is 25.3 Å². The van der Waals surface area contributed by atoms with Gasteiger partial charge in [-0.1, -0.05) is 6.07 Å². The maximum Gasteiger partial charge on any atom is 0.387 e. The summed E-state index contributed by atoms with van der Waals surface area (Å²) in [6.45, 7) is 1.95. The molecule has 21 heavy (non-hydrogen) atoms. The van der Waals surface area contributed by atoms with E-state index in [-0.39, 0.29) is 17.7 Å². The molecule has 0 atom stereocenters. The zero-order valence-electron chi connectivity index (χ0n) is 12.2. The number of carbonyl (C=O) groups is 1. The number of piperidine rings is 1. The zero-order chi connectivity index (χ0) is 15.4. The molecule has 1 saturated heterocycles. The van der Waals surface area contributed by atoms with E-state index in [1.807, 2.05) is 11.0 Å². The minimum Gasteiger partial charge on any atom is -0.434 e. The molecule has 1 fully saturated rings. The standard InChI is InChI=1S/C15H20F2N2O2/c1-10-13(4-3-5-14(10)21-15(16)17)18-12-6-8-19(9-7-12)11(2)20/h3-5,12,15,18H,6-9H2,1-2H3. The van der Waals surface area contributed by atoms with Crippen molar-refractivity contribution >= 4 is 11.6 Å². The smallest absolute Gasteiger partial charge is 0.387 e. The minimum absolute atomic E-state index is 0.0944. The summed E-state index contributed by atoms with van der Waals surface area (Å²) in [5, 5.41) is 3.36. The minimum atomic E-state index is -2.82. The number of anilines is 1. The van der Waals surface area contributed by atoms with Gasteiger partial charge in [0.2, 0.25) is 5.91 Å². The van der Waals surface area contributed by atoms with Gasteiger partial charge in [-0.15, -0.1) is 0 Å². The normalized spacial score (nSPS) is 16.1. The maximum atomic E-state index is 12.3. The Morgan fingerprint density at radius 3 is 2.62 bits per heavy atom. The Kier molecular flexibility index (Phi) is 4.98. The second kappa shape index (κ2) is 6.74. The molecule has 0 radical (unpaired) electrons. The van der Waals surface area contributed by atoms with E-state index in [1.54, 1.807) is 19.9 Å². The Labute approximate surface area is 123 Å². The number of amides is 1. The number of carbonyl (C=O) groups excluding carboxylic acids is 1. The highest BCUT2D eigenvalue weighted by atomic mass is 19.3. The first-order chi connectivity index (χ1) is 9.97. The van der Waals surface area contributed by atoms with Gasteiger partial charge in [-0.2, -0.15) is 8.78 Å². The van der Waals surface area contributed by atoms with Gasteiger partial charge < -0.3 is 15.0 Å². The van der Waals surface area contributed by atoms with Gasteiger partial charge in [0.25, 0.3) is 0 Å². The van der Waals surface area contributed by atoms with Gasteiger partial charge in [0.05, 0.1) is 0 Å². The monoisotopic (exact) mass is 298 g/mol. The third-order valence-corrected chi connectivity index (χ3v) is 3.80.